The molecular formula is C13H19FN2O3. The van der Waals surface area contributed by atoms with Crippen molar-refractivity contribution in [3.63, 3.8) is 0 Å². The number of hydrogen-bond donors (Lipinski definition) is 2. The Balaban J connectivity index is 2.09. The van der Waals surface area contributed by atoms with Crippen LogP contribution in [0.1, 0.15) is 5.56 Å². The highest BCUT2D eigenvalue weighted by molar-refractivity contribution is 5.73. The molecule has 2 amide bonds. The molecule has 0 spiro atoms. The number of nitrogens with one attached hydrogen (secondary N) is 2. The van der Waals surface area contributed by atoms with Crippen LogP contribution in [0.5, 0.6) is 0 Å². The minimum atomic E-state index is -0.339. The topological polar surface area (TPSA) is 59.6 Å². The maximum Gasteiger partial charge on any atom is 0.316 e. The first-order chi connectivity index (χ1) is 9.24. The summed E-state index contributed by atoms with van der Waals surface area (Å²) < 4.78 is 23.1. The van der Waals surface area contributed by atoms with E-state index in [2.05, 4.69) is 10.6 Å². The molecule has 1 rings (SSSR count). The second-order valence-corrected chi connectivity index (χ2v) is 3.82. The van der Waals surface area contributed by atoms with Crippen LogP contribution in [0, 0.1) is 5.82 Å². The zero-order valence-electron chi connectivity index (χ0n) is 10.9. The van der Waals surface area contributed by atoms with Crippen molar-refractivity contribution < 1.29 is 18.7 Å². The Morgan fingerprint density at radius 2 is 2.05 bits per heavy atom. The van der Waals surface area contributed by atoms with Gasteiger partial charge in [0.05, 0.1) is 13.2 Å². The van der Waals surface area contributed by atoms with Crippen molar-refractivity contribution in [3.8, 4) is 0 Å². The number of urea groups is 1. The predicted molar refractivity (Wildman–Crippen MR) is 69.3 cm³/mol. The van der Waals surface area contributed by atoms with E-state index in [4.69, 9.17) is 9.47 Å². The van der Waals surface area contributed by atoms with Gasteiger partial charge in [-0.15, -0.1) is 0 Å². The molecule has 0 fully saturated rings. The summed E-state index contributed by atoms with van der Waals surface area (Å²) in [5.41, 5.74) is 0.583. The molecule has 0 aliphatic heterocycles. The minimum absolute atomic E-state index is 0.120. The number of ether oxygens (including phenoxy) is 2. The Morgan fingerprint density at radius 3 is 2.79 bits per heavy atom. The molecule has 0 aliphatic carbocycles. The number of carbonyl (C=O) groups excluding carboxylic acids is 1. The van der Waals surface area contributed by atoms with Crippen molar-refractivity contribution >= 4 is 6.03 Å². The largest absolute Gasteiger partial charge is 0.382 e. The highest BCUT2D eigenvalue weighted by Gasteiger charge is 2.02. The lowest BCUT2D eigenvalue weighted by Gasteiger charge is -2.08. The van der Waals surface area contributed by atoms with Crippen LogP contribution in [0.2, 0.25) is 0 Å². The summed E-state index contributed by atoms with van der Waals surface area (Å²) in [6.07, 6.45) is 0.449. The quantitative estimate of drug-likeness (QED) is 0.553. The standard InChI is InChI=1S/C13H19FN2O3/c1-18-8-9-19-10-16-13(17)15-7-6-11-4-2-3-5-12(11)14/h2-5H,6-10H2,1H3,(H2,15,16,17). The number of benzene rings is 1. The van der Waals surface area contributed by atoms with Gasteiger partial charge < -0.3 is 20.1 Å². The molecule has 1 aromatic carbocycles. The van der Waals surface area contributed by atoms with Crippen molar-refractivity contribution in [1.82, 2.24) is 10.6 Å². The number of amides is 2. The number of methoxy groups -OCH3 is 1. The Morgan fingerprint density at radius 1 is 1.26 bits per heavy atom. The summed E-state index contributed by atoms with van der Waals surface area (Å²) in [6, 6.07) is 6.16. The SMILES string of the molecule is COCCOCNC(=O)NCCc1ccccc1F. The summed E-state index contributed by atoms with van der Waals surface area (Å²) in [5.74, 6) is -0.257. The van der Waals surface area contributed by atoms with Crippen molar-refractivity contribution in [1.29, 1.82) is 0 Å². The van der Waals surface area contributed by atoms with E-state index in [9.17, 15) is 9.18 Å². The van der Waals surface area contributed by atoms with Crippen LogP contribution in [-0.2, 0) is 15.9 Å². The monoisotopic (exact) mass is 270 g/mol. The molecule has 0 saturated carbocycles. The molecule has 0 atom stereocenters. The average molecular weight is 270 g/mol. The van der Waals surface area contributed by atoms with E-state index in [1.54, 1.807) is 25.3 Å². The summed E-state index contributed by atoms with van der Waals surface area (Å²) in [5, 5.41) is 5.14. The summed E-state index contributed by atoms with van der Waals surface area (Å²) in [4.78, 5) is 11.3. The van der Waals surface area contributed by atoms with Gasteiger partial charge in [0, 0.05) is 13.7 Å². The molecule has 0 bridgehead atoms. The van der Waals surface area contributed by atoms with E-state index < -0.39 is 0 Å². The van der Waals surface area contributed by atoms with E-state index in [1.807, 2.05) is 0 Å². The van der Waals surface area contributed by atoms with Gasteiger partial charge in [-0.25, -0.2) is 9.18 Å². The fourth-order valence-electron chi connectivity index (χ4n) is 1.41. The maximum atomic E-state index is 13.3. The number of hydrogen-bond acceptors (Lipinski definition) is 3. The Kier molecular flexibility index (Phi) is 7.53. The molecule has 0 aromatic heterocycles. The summed E-state index contributed by atoms with van der Waals surface area (Å²) in [6.45, 7) is 1.39. The molecule has 5 nitrogen and oxygen atoms in total. The third-order valence-electron chi connectivity index (χ3n) is 2.40. The van der Waals surface area contributed by atoms with Gasteiger partial charge in [-0.3, -0.25) is 0 Å². The second-order valence-electron chi connectivity index (χ2n) is 3.82. The number of carbonyl (C=O) groups is 1. The highest BCUT2D eigenvalue weighted by Crippen LogP contribution is 2.05. The molecule has 6 heteroatoms. The van der Waals surface area contributed by atoms with Gasteiger partial charge in [-0.2, -0.15) is 0 Å². The van der Waals surface area contributed by atoms with Gasteiger partial charge in [0.2, 0.25) is 0 Å². The van der Waals surface area contributed by atoms with Crippen LogP contribution in [0.4, 0.5) is 9.18 Å². The first-order valence-electron chi connectivity index (χ1n) is 6.06. The number of halogens is 1. The molecule has 0 radical (unpaired) electrons. The third kappa shape index (κ3) is 6.73. The molecule has 0 saturated heterocycles. The molecule has 106 valence electrons. The zero-order chi connectivity index (χ0) is 13.9. The Bertz CT molecular complexity index is 388. The Labute approximate surface area is 112 Å². The van der Waals surface area contributed by atoms with Gasteiger partial charge in [0.1, 0.15) is 12.5 Å². The van der Waals surface area contributed by atoms with Crippen LogP contribution in [0.3, 0.4) is 0 Å². The van der Waals surface area contributed by atoms with Gasteiger partial charge in [-0.1, -0.05) is 18.2 Å². The fraction of sp³-hybridized carbons (Fsp3) is 0.462. The number of rotatable bonds is 8. The molecule has 1 aromatic rings. The lowest BCUT2D eigenvalue weighted by molar-refractivity contribution is 0.0643. The van der Waals surface area contributed by atoms with E-state index in [1.165, 1.54) is 6.07 Å². The second kappa shape index (κ2) is 9.29. The smallest absolute Gasteiger partial charge is 0.316 e. The lowest BCUT2D eigenvalue weighted by atomic mass is 10.1. The molecule has 19 heavy (non-hydrogen) atoms. The van der Waals surface area contributed by atoms with Gasteiger partial charge in [0.15, 0.2) is 0 Å². The average Bonchev–Trinajstić information content (AvgIpc) is 2.41. The van der Waals surface area contributed by atoms with E-state index in [0.29, 0.717) is 31.7 Å². The van der Waals surface area contributed by atoms with Crippen LogP contribution in [0.15, 0.2) is 24.3 Å². The van der Waals surface area contributed by atoms with E-state index >= 15 is 0 Å². The lowest BCUT2D eigenvalue weighted by Crippen LogP contribution is -2.38. The molecule has 0 aliphatic rings. The summed E-state index contributed by atoms with van der Waals surface area (Å²) >= 11 is 0. The van der Waals surface area contributed by atoms with E-state index in [-0.39, 0.29) is 18.6 Å². The van der Waals surface area contributed by atoms with Crippen LogP contribution in [-0.4, -0.2) is 39.6 Å². The van der Waals surface area contributed by atoms with Gasteiger partial charge in [-0.05, 0) is 18.1 Å². The van der Waals surface area contributed by atoms with Gasteiger partial charge in [0.25, 0.3) is 0 Å². The van der Waals surface area contributed by atoms with E-state index in [0.717, 1.165) is 0 Å². The zero-order valence-corrected chi connectivity index (χ0v) is 10.9. The minimum Gasteiger partial charge on any atom is -0.382 e. The highest BCUT2D eigenvalue weighted by atomic mass is 19.1. The van der Waals surface area contributed by atoms with Crippen LogP contribution in [0.25, 0.3) is 0 Å². The molecule has 0 heterocycles. The van der Waals surface area contributed by atoms with Crippen molar-refractivity contribution in [2.24, 2.45) is 0 Å². The maximum absolute atomic E-state index is 13.3. The van der Waals surface area contributed by atoms with Crippen molar-refractivity contribution in [3.05, 3.63) is 35.6 Å². The molecule has 0 unspecified atom stereocenters. The van der Waals surface area contributed by atoms with Gasteiger partial charge >= 0.3 is 6.03 Å². The van der Waals surface area contributed by atoms with Crippen LogP contribution >= 0.6 is 0 Å². The molecule has 2 N–H and O–H groups in total. The Hall–Kier alpha value is -1.66. The summed E-state index contributed by atoms with van der Waals surface area (Å²) in [7, 11) is 1.58. The normalized spacial score (nSPS) is 10.2. The fourth-order valence-corrected chi connectivity index (χ4v) is 1.41. The predicted octanol–water partition coefficient (Wildman–Crippen LogP) is 1.29. The molecular weight excluding hydrogens is 251 g/mol. The van der Waals surface area contributed by atoms with Crippen molar-refractivity contribution in [2.45, 2.75) is 6.42 Å². The first kappa shape index (κ1) is 15.4. The third-order valence-corrected chi connectivity index (χ3v) is 2.40. The van der Waals surface area contributed by atoms with Crippen molar-refractivity contribution in [2.75, 3.05) is 33.6 Å². The first-order valence-corrected chi connectivity index (χ1v) is 6.06. The van der Waals surface area contributed by atoms with Crippen LogP contribution < -0.4 is 10.6 Å².